The van der Waals surface area contributed by atoms with Gasteiger partial charge in [-0.2, -0.15) is 10.2 Å². The average molecular weight is 348 g/mol. The molecule has 130 valence electrons. The first kappa shape index (κ1) is 15.8. The van der Waals surface area contributed by atoms with Crippen LogP contribution in [0.3, 0.4) is 0 Å². The number of rotatable bonds is 4. The fourth-order valence-corrected chi connectivity index (χ4v) is 2.64. The second-order valence-corrected chi connectivity index (χ2v) is 5.87. The van der Waals surface area contributed by atoms with E-state index >= 15 is 0 Å². The Morgan fingerprint density at radius 3 is 2.50 bits per heavy atom. The highest BCUT2D eigenvalue weighted by Gasteiger charge is 2.14. The van der Waals surface area contributed by atoms with Crippen molar-refractivity contribution >= 4 is 28.4 Å². The fourth-order valence-electron chi connectivity index (χ4n) is 2.64. The van der Waals surface area contributed by atoms with Crippen LogP contribution in [0.1, 0.15) is 10.4 Å². The van der Waals surface area contributed by atoms with Gasteiger partial charge in [0.1, 0.15) is 5.82 Å². The maximum atomic E-state index is 11.2. The van der Waals surface area contributed by atoms with Crippen molar-refractivity contribution in [3.8, 4) is 11.4 Å². The van der Waals surface area contributed by atoms with Gasteiger partial charge in [0.2, 0.25) is 5.91 Å². The molecule has 1 aromatic carbocycles. The third-order valence-electron chi connectivity index (χ3n) is 3.99. The molecule has 0 atom stereocenters. The third kappa shape index (κ3) is 2.75. The van der Waals surface area contributed by atoms with Crippen LogP contribution in [0.4, 0.5) is 11.5 Å². The van der Waals surface area contributed by atoms with Gasteiger partial charge in [0.15, 0.2) is 11.5 Å². The van der Waals surface area contributed by atoms with E-state index in [2.05, 4.69) is 25.5 Å². The number of nitrogens with one attached hydrogen (secondary N) is 1. The molecule has 0 aliphatic carbocycles. The lowest BCUT2D eigenvalue weighted by Crippen LogP contribution is -2.10. The van der Waals surface area contributed by atoms with E-state index in [1.807, 2.05) is 20.3 Å². The molecule has 3 aromatic heterocycles. The van der Waals surface area contributed by atoms with E-state index < -0.39 is 5.91 Å². The number of carbonyl (C=O) groups excluding carboxylic acids is 1. The highest BCUT2D eigenvalue weighted by molar-refractivity contribution is 5.94. The zero-order chi connectivity index (χ0) is 18.3. The summed E-state index contributed by atoms with van der Waals surface area (Å²) in [6.07, 6.45) is 5.27. The molecule has 0 spiro atoms. The Balaban J connectivity index is 1.79. The molecule has 0 aliphatic heterocycles. The standard InChI is InChI=1S/C17H16N8O/c1-24-9-11(7-19-24)15-22-16(13-8-20-25(2)17(13)23-15)21-12-5-3-10(4-6-12)14(18)26/h3-9H,1-2H3,(H2,18,26)(H,21,22,23). The summed E-state index contributed by atoms with van der Waals surface area (Å²) in [5.41, 5.74) is 8.01. The van der Waals surface area contributed by atoms with Gasteiger partial charge < -0.3 is 11.1 Å². The summed E-state index contributed by atoms with van der Waals surface area (Å²) >= 11 is 0. The molecule has 4 aromatic rings. The van der Waals surface area contributed by atoms with E-state index in [1.54, 1.807) is 46.0 Å². The summed E-state index contributed by atoms with van der Waals surface area (Å²) in [5.74, 6) is 0.700. The SMILES string of the molecule is Cn1cc(-c2nc(Nc3ccc(C(N)=O)cc3)c3cnn(C)c3n2)cn1. The minimum Gasteiger partial charge on any atom is -0.366 e. The van der Waals surface area contributed by atoms with Crippen LogP contribution in [0.25, 0.3) is 22.4 Å². The minimum atomic E-state index is -0.466. The molecule has 9 nitrogen and oxygen atoms in total. The average Bonchev–Trinajstić information content (AvgIpc) is 3.22. The van der Waals surface area contributed by atoms with Crippen molar-refractivity contribution in [3.63, 3.8) is 0 Å². The Morgan fingerprint density at radius 1 is 1.08 bits per heavy atom. The summed E-state index contributed by atoms with van der Waals surface area (Å²) in [4.78, 5) is 20.4. The number of anilines is 2. The number of aryl methyl sites for hydroxylation is 2. The molecule has 4 rings (SSSR count). The number of aromatic nitrogens is 6. The Labute approximate surface area is 148 Å². The van der Waals surface area contributed by atoms with Crippen LogP contribution in [0.5, 0.6) is 0 Å². The Bertz CT molecular complexity index is 1110. The van der Waals surface area contributed by atoms with E-state index in [-0.39, 0.29) is 0 Å². The van der Waals surface area contributed by atoms with Crippen LogP contribution in [-0.2, 0) is 14.1 Å². The van der Waals surface area contributed by atoms with Crippen LogP contribution < -0.4 is 11.1 Å². The molecule has 1 amide bonds. The number of hydrogen-bond acceptors (Lipinski definition) is 6. The van der Waals surface area contributed by atoms with Gasteiger partial charge in [0.05, 0.1) is 23.3 Å². The van der Waals surface area contributed by atoms with Crippen molar-refractivity contribution in [1.82, 2.24) is 29.5 Å². The number of fused-ring (bicyclic) bond motifs is 1. The maximum Gasteiger partial charge on any atom is 0.248 e. The van der Waals surface area contributed by atoms with Gasteiger partial charge in [-0.15, -0.1) is 0 Å². The van der Waals surface area contributed by atoms with E-state index in [0.29, 0.717) is 22.9 Å². The molecule has 0 saturated carbocycles. The van der Waals surface area contributed by atoms with E-state index in [0.717, 1.165) is 16.6 Å². The van der Waals surface area contributed by atoms with Crippen molar-refractivity contribution in [2.75, 3.05) is 5.32 Å². The van der Waals surface area contributed by atoms with Crippen LogP contribution in [-0.4, -0.2) is 35.4 Å². The van der Waals surface area contributed by atoms with Crippen LogP contribution in [0.15, 0.2) is 42.9 Å². The summed E-state index contributed by atoms with van der Waals surface area (Å²) in [7, 11) is 3.67. The van der Waals surface area contributed by atoms with Gasteiger partial charge in [-0.25, -0.2) is 9.97 Å². The number of nitrogens with zero attached hydrogens (tertiary/aromatic N) is 6. The number of benzene rings is 1. The molecular weight excluding hydrogens is 332 g/mol. The monoisotopic (exact) mass is 348 g/mol. The van der Waals surface area contributed by atoms with Gasteiger partial charge in [0.25, 0.3) is 0 Å². The first-order chi connectivity index (χ1) is 12.5. The normalized spacial score (nSPS) is 11.0. The number of amides is 1. The quantitative estimate of drug-likeness (QED) is 0.579. The van der Waals surface area contributed by atoms with Gasteiger partial charge >= 0.3 is 0 Å². The van der Waals surface area contributed by atoms with Crippen LogP contribution in [0, 0.1) is 0 Å². The third-order valence-corrected chi connectivity index (χ3v) is 3.99. The number of primary amides is 1. The molecule has 26 heavy (non-hydrogen) atoms. The number of hydrogen-bond donors (Lipinski definition) is 2. The topological polar surface area (TPSA) is 117 Å². The fraction of sp³-hybridized carbons (Fsp3) is 0.118. The molecular formula is C17H16N8O. The van der Waals surface area contributed by atoms with E-state index in [4.69, 9.17) is 5.73 Å². The molecule has 0 aliphatic rings. The smallest absolute Gasteiger partial charge is 0.248 e. The second-order valence-electron chi connectivity index (χ2n) is 5.87. The predicted molar refractivity (Wildman–Crippen MR) is 96.7 cm³/mol. The molecule has 9 heteroatoms. The van der Waals surface area contributed by atoms with Crippen LogP contribution >= 0.6 is 0 Å². The van der Waals surface area contributed by atoms with Gasteiger partial charge in [0, 0.05) is 31.5 Å². The molecule has 0 bridgehead atoms. The van der Waals surface area contributed by atoms with Crippen LogP contribution in [0.2, 0.25) is 0 Å². The highest BCUT2D eigenvalue weighted by Crippen LogP contribution is 2.27. The summed E-state index contributed by atoms with van der Waals surface area (Å²) in [6, 6.07) is 6.87. The first-order valence-corrected chi connectivity index (χ1v) is 7.87. The Morgan fingerprint density at radius 2 is 1.85 bits per heavy atom. The van der Waals surface area contributed by atoms with Crippen molar-refractivity contribution in [2.45, 2.75) is 0 Å². The van der Waals surface area contributed by atoms with Crippen molar-refractivity contribution in [1.29, 1.82) is 0 Å². The first-order valence-electron chi connectivity index (χ1n) is 7.87. The van der Waals surface area contributed by atoms with Crippen molar-refractivity contribution in [2.24, 2.45) is 19.8 Å². The van der Waals surface area contributed by atoms with Crippen molar-refractivity contribution in [3.05, 3.63) is 48.4 Å². The molecule has 0 radical (unpaired) electrons. The number of nitrogens with two attached hydrogens (primary N) is 1. The zero-order valence-electron chi connectivity index (χ0n) is 14.2. The lowest BCUT2D eigenvalue weighted by molar-refractivity contribution is 0.100. The summed E-state index contributed by atoms with van der Waals surface area (Å²) in [6.45, 7) is 0. The zero-order valence-corrected chi connectivity index (χ0v) is 14.2. The Hall–Kier alpha value is -3.75. The van der Waals surface area contributed by atoms with E-state index in [9.17, 15) is 4.79 Å². The molecule has 0 saturated heterocycles. The van der Waals surface area contributed by atoms with Gasteiger partial charge in [-0.1, -0.05) is 0 Å². The van der Waals surface area contributed by atoms with E-state index in [1.165, 1.54) is 0 Å². The minimum absolute atomic E-state index is 0.445. The molecule has 0 fully saturated rings. The number of carbonyl (C=O) groups is 1. The highest BCUT2D eigenvalue weighted by atomic mass is 16.1. The summed E-state index contributed by atoms with van der Waals surface area (Å²) < 4.78 is 3.39. The van der Waals surface area contributed by atoms with Gasteiger partial charge in [-0.3, -0.25) is 14.2 Å². The summed E-state index contributed by atoms with van der Waals surface area (Å²) in [5, 5.41) is 12.5. The van der Waals surface area contributed by atoms with Crippen molar-refractivity contribution < 1.29 is 4.79 Å². The lowest BCUT2D eigenvalue weighted by atomic mass is 10.2. The predicted octanol–water partition coefficient (Wildman–Crippen LogP) is 1.61. The molecule has 0 unspecified atom stereocenters. The second kappa shape index (κ2) is 5.96. The lowest BCUT2D eigenvalue weighted by Gasteiger charge is -2.09. The Kier molecular flexibility index (Phi) is 3.61. The van der Waals surface area contributed by atoms with Gasteiger partial charge in [-0.05, 0) is 24.3 Å². The maximum absolute atomic E-state index is 11.2. The molecule has 3 N–H and O–H groups in total. The largest absolute Gasteiger partial charge is 0.366 e. The molecule has 3 heterocycles.